The molecule has 5 nitrogen and oxygen atoms in total. The van der Waals surface area contributed by atoms with Crippen molar-refractivity contribution in [1.29, 1.82) is 0 Å². The Morgan fingerprint density at radius 3 is 1.30 bits per heavy atom. The van der Waals surface area contributed by atoms with Gasteiger partial charge in [0.05, 0.1) is 5.75 Å². The van der Waals surface area contributed by atoms with E-state index in [9.17, 15) is 0 Å². The van der Waals surface area contributed by atoms with Gasteiger partial charge in [0.2, 0.25) is 0 Å². The van der Waals surface area contributed by atoms with E-state index in [4.69, 9.17) is 24.0 Å². The van der Waals surface area contributed by atoms with E-state index in [1.807, 2.05) is 36.6 Å². The zero-order chi connectivity index (χ0) is 16.5. The second-order valence-corrected chi connectivity index (χ2v) is 2.28. The predicted molar refractivity (Wildman–Crippen MR) is 70.8 cm³/mol. The monoisotopic (exact) mass is 460 g/mol. The fourth-order valence-electron chi connectivity index (χ4n) is 0.624. The molecular formula is C13H8O5SW. The van der Waals surface area contributed by atoms with Crippen LogP contribution in [0.1, 0.15) is 5.56 Å². The molecule has 0 aromatic heterocycles. The van der Waals surface area contributed by atoms with Crippen molar-refractivity contribution in [1.82, 2.24) is 0 Å². The zero-order valence-corrected chi connectivity index (χ0v) is 14.0. The smallest absolute Gasteiger partial charge is 0.281 e. The molecule has 0 amide bonds. The first-order chi connectivity index (χ1) is 9.43. The maximum absolute atomic E-state index is 7.50. The summed E-state index contributed by atoms with van der Waals surface area (Å²) < 4.78 is 0. The summed E-state index contributed by atoms with van der Waals surface area (Å²) in [5.74, 6) is 3.12. The Hall–Kier alpha value is -1.39. The van der Waals surface area contributed by atoms with Crippen molar-refractivity contribution in [3.8, 4) is 0 Å². The zero-order valence-electron chi connectivity index (χ0n) is 10.2. The van der Waals surface area contributed by atoms with Crippen LogP contribution in [0.2, 0.25) is 0 Å². The Balaban J connectivity index is -0.0000000384. The molecule has 0 N–H and O–H groups in total. The molecule has 0 spiro atoms. The first kappa shape index (κ1) is 36.3. The summed E-state index contributed by atoms with van der Waals surface area (Å²) in [4.78, 5) is 37.5. The van der Waals surface area contributed by atoms with Crippen molar-refractivity contribution in [3.05, 3.63) is 41.6 Å². The Bertz CT molecular complexity index is 228. The number of hydrogen-bond acceptors (Lipinski definition) is 6. The normalized spacial score (nSPS) is 5.25. The molecular weight excluding hydrogens is 452 g/mol. The van der Waals surface area contributed by atoms with E-state index in [0.29, 0.717) is 0 Å². The van der Waals surface area contributed by atoms with Crippen molar-refractivity contribution in [2.75, 3.05) is 6.26 Å². The fraction of sp³-hybridized carbons (Fsp3) is 0.0769. The third-order valence-electron chi connectivity index (χ3n) is 0.994. The molecule has 1 aromatic rings. The minimum atomic E-state index is 0. The van der Waals surface area contributed by atoms with Crippen molar-refractivity contribution in [2.45, 2.75) is 0 Å². The molecule has 0 saturated carbocycles. The van der Waals surface area contributed by atoms with Crippen LogP contribution < -0.4 is 0 Å². The van der Waals surface area contributed by atoms with Gasteiger partial charge in [-0.2, -0.15) is 0 Å². The van der Waals surface area contributed by atoms with Crippen LogP contribution in [0.4, 0.5) is 0 Å². The van der Waals surface area contributed by atoms with Crippen LogP contribution in [0.15, 0.2) is 30.3 Å². The third-order valence-corrected chi connectivity index (χ3v) is 1.43. The first-order valence-corrected chi connectivity index (χ1v) is 5.02. The summed E-state index contributed by atoms with van der Waals surface area (Å²) in [7, 11) is 0. The van der Waals surface area contributed by atoms with Gasteiger partial charge in [-0.25, -0.2) is 0 Å². The van der Waals surface area contributed by atoms with E-state index in [0.717, 1.165) is 5.56 Å². The summed E-state index contributed by atoms with van der Waals surface area (Å²) in [5.41, 5.74) is 1.16. The second kappa shape index (κ2) is 65.5. The van der Waals surface area contributed by atoms with Crippen molar-refractivity contribution >= 4 is 45.7 Å². The van der Waals surface area contributed by atoms with E-state index in [1.54, 1.807) is 11.8 Å². The van der Waals surface area contributed by atoms with E-state index in [1.165, 1.54) is 0 Å². The molecule has 0 aliphatic heterocycles. The van der Waals surface area contributed by atoms with E-state index < -0.39 is 0 Å². The van der Waals surface area contributed by atoms with E-state index >= 15 is 0 Å². The molecule has 0 aliphatic rings. The van der Waals surface area contributed by atoms with Crippen molar-refractivity contribution < 1.29 is 45.0 Å². The van der Waals surface area contributed by atoms with Crippen LogP contribution >= 0.6 is 11.8 Å². The Labute approximate surface area is 138 Å². The molecule has 0 atom stereocenters. The predicted octanol–water partition coefficient (Wildman–Crippen LogP) is 0.448. The molecule has 0 bridgehead atoms. The summed E-state index contributed by atoms with van der Waals surface area (Å²) >= 11 is 1.60. The van der Waals surface area contributed by atoms with Gasteiger partial charge in [-0.05, 0) is 11.8 Å². The van der Waals surface area contributed by atoms with E-state index in [-0.39, 0.29) is 21.1 Å². The van der Waals surface area contributed by atoms with Crippen LogP contribution in [0.3, 0.4) is 0 Å². The van der Waals surface area contributed by atoms with Crippen molar-refractivity contribution in [2.24, 2.45) is 0 Å². The summed E-state index contributed by atoms with van der Waals surface area (Å²) in [5, 5.41) is 0. The Morgan fingerprint density at radius 1 is 0.750 bits per heavy atom. The second-order valence-electron chi connectivity index (χ2n) is 1.67. The molecule has 0 saturated heterocycles. The van der Waals surface area contributed by atoms with Gasteiger partial charge in [-0.1, -0.05) is 30.3 Å². The van der Waals surface area contributed by atoms with Gasteiger partial charge in [0, 0.05) is 21.1 Å². The molecule has 20 heavy (non-hydrogen) atoms. The number of rotatable bonds is 2. The van der Waals surface area contributed by atoms with E-state index in [2.05, 4.69) is 39.7 Å². The average molecular weight is 460 g/mol. The average Bonchev–Trinajstić information content (AvgIpc) is 2.58. The standard InChI is InChI=1S/C8H8S.5CO.W/c1-9-7-8-5-3-2-4-6-8;5*1-2;/h2-6H,1H3;;;;;;. The van der Waals surface area contributed by atoms with Crippen LogP contribution in [-0.4, -0.2) is 40.2 Å². The fourth-order valence-corrected chi connectivity index (χ4v) is 0.996. The minimum absolute atomic E-state index is 0. The quantitative estimate of drug-likeness (QED) is 0.638. The van der Waals surface area contributed by atoms with Gasteiger partial charge in [0.25, 0.3) is 33.9 Å². The summed E-state index contributed by atoms with van der Waals surface area (Å²) in [6, 6.07) is 10.1. The molecule has 1 aromatic carbocycles. The maximum atomic E-state index is 7.50. The molecule has 0 unspecified atom stereocenters. The minimum Gasteiger partial charge on any atom is -0.281 e. The van der Waals surface area contributed by atoms with Crippen LogP contribution in [0, 0.1) is 5.75 Å². The van der Waals surface area contributed by atoms with Gasteiger partial charge in [0.1, 0.15) is 0 Å². The molecule has 0 fully saturated rings. The number of carbonyl (C=O) groups excluding carboxylic acids is 5. The number of benzene rings is 1. The van der Waals surface area contributed by atoms with Gasteiger partial charge >= 0.3 is 0 Å². The molecule has 7 heteroatoms. The van der Waals surface area contributed by atoms with Gasteiger partial charge in [-0.3, -0.25) is 24.0 Å². The summed E-state index contributed by atoms with van der Waals surface area (Å²) in [6.45, 7) is 22.5. The SMILES string of the molecule is CS[C]c1ccccc1.[C]=O.[C]=O.[C]=O.[C]=O.[C]=O.[W]. The van der Waals surface area contributed by atoms with Gasteiger partial charge in [0.15, 0.2) is 0 Å². The van der Waals surface area contributed by atoms with Gasteiger partial charge in [-0.15, -0.1) is 11.8 Å². The number of hydrogen-bond donors (Lipinski definition) is 0. The molecule has 1 rings (SSSR count). The Kier molecular flexibility index (Phi) is 119. The van der Waals surface area contributed by atoms with Crippen LogP contribution in [0.25, 0.3) is 0 Å². The molecule has 0 aliphatic carbocycles. The van der Waals surface area contributed by atoms with Gasteiger partial charge < -0.3 is 0 Å². The molecule has 0 heterocycles. The summed E-state index contributed by atoms with van der Waals surface area (Å²) in [6.07, 6.45) is 2.01. The van der Waals surface area contributed by atoms with Crippen LogP contribution in [-0.2, 0) is 45.0 Å². The van der Waals surface area contributed by atoms with Crippen molar-refractivity contribution in [3.63, 3.8) is 0 Å². The molecule has 12 radical (unpaired) electrons. The van der Waals surface area contributed by atoms with Crippen LogP contribution in [0.5, 0.6) is 0 Å². The Morgan fingerprint density at radius 2 is 1.05 bits per heavy atom. The maximum Gasteiger partial charge on any atom is 0.281 e. The third kappa shape index (κ3) is 43.8. The topological polar surface area (TPSA) is 85.3 Å². The number of thioether (sulfide) groups is 1. The largest absolute Gasteiger partial charge is 0.281 e. The first-order valence-electron chi connectivity index (χ1n) is 3.79. The molecule has 102 valence electrons.